The predicted octanol–water partition coefficient (Wildman–Crippen LogP) is 3.33. The van der Waals surface area contributed by atoms with Crippen molar-refractivity contribution < 1.29 is 23.1 Å². The first-order valence-corrected chi connectivity index (χ1v) is 8.14. The quantitative estimate of drug-likeness (QED) is 0.634. The smallest absolute Gasteiger partial charge is 0.323 e. The van der Waals surface area contributed by atoms with E-state index in [1.54, 1.807) is 18.2 Å². The zero-order chi connectivity index (χ0) is 17.3. The summed E-state index contributed by atoms with van der Waals surface area (Å²) >= 11 is 3.38. The number of carbonyl (C=O) groups excluding carboxylic acids is 2. The maximum absolute atomic E-state index is 13.1. The average Bonchev–Trinajstić information content (AvgIpc) is 2.91. The van der Waals surface area contributed by atoms with Crippen LogP contribution in [0.4, 0.5) is 8.78 Å². The molecular formula is C17H14BrF2NO3. The van der Waals surface area contributed by atoms with Gasteiger partial charge in [-0.3, -0.25) is 14.9 Å². The van der Waals surface area contributed by atoms with Crippen molar-refractivity contribution in [2.75, 3.05) is 13.2 Å². The summed E-state index contributed by atoms with van der Waals surface area (Å²) in [7, 11) is 0. The molecule has 126 valence electrons. The zero-order valence-electron chi connectivity index (χ0n) is 12.5. The molecule has 1 aliphatic rings. The lowest BCUT2D eigenvalue weighted by molar-refractivity contribution is -0.145. The Morgan fingerprint density at radius 1 is 1.21 bits per heavy atom. The number of alkyl halides is 2. The Morgan fingerprint density at radius 2 is 1.92 bits per heavy atom. The molecule has 0 aliphatic carbocycles. The van der Waals surface area contributed by atoms with E-state index in [0.717, 1.165) is 15.2 Å². The van der Waals surface area contributed by atoms with Crippen molar-refractivity contribution >= 4 is 38.5 Å². The number of fused-ring (bicyclic) bond motifs is 1. The Bertz CT molecular complexity index is 810. The standard InChI is InChI=1S/C17H14BrF2NO3/c18-13-4-3-10-5-12(2-1-11(10)6-13)15(22)8-24-16(23)14-7-17(19,20)9-21-14/h1-6,14,21H,7-9H2. The van der Waals surface area contributed by atoms with Gasteiger partial charge in [0.05, 0.1) is 6.54 Å². The van der Waals surface area contributed by atoms with Crippen LogP contribution in [0.15, 0.2) is 40.9 Å². The molecule has 2 aromatic rings. The second-order valence-corrected chi connectivity index (χ2v) is 6.65. The van der Waals surface area contributed by atoms with Crippen LogP contribution in [0.5, 0.6) is 0 Å². The first-order chi connectivity index (χ1) is 11.3. The highest BCUT2D eigenvalue weighted by molar-refractivity contribution is 9.10. The van der Waals surface area contributed by atoms with E-state index < -0.39 is 37.5 Å². The molecule has 1 saturated heterocycles. The van der Waals surface area contributed by atoms with Gasteiger partial charge in [-0.05, 0) is 29.0 Å². The topological polar surface area (TPSA) is 55.4 Å². The minimum atomic E-state index is -2.92. The van der Waals surface area contributed by atoms with Gasteiger partial charge in [0, 0.05) is 16.5 Å². The minimum Gasteiger partial charge on any atom is -0.456 e. The maximum atomic E-state index is 13.1. The summed E-state index contributed by atoms with van der Waals surface area (Å²) in [5, 5.41) is 4.25. The summed E-state index contributed by atoms with van der Waals surface area (Å²) in [5.41, 5.74) is 0.405. The lowest BCUT2D eigenvalue weighted by atomic mass is 10.0. The summed E-state index contributed by atoms with van der Waals surface area (Å²) in [5.74, 6) is -4.12. The highest BCUT2D eigenvalue weighted by Gasteiger charge is 2.43. The van der Waals surface area contributed by atoms with Gasteiger partial charge in [0.25, 0.3) is 5.92 Å². The van der Waals surface area contributed by atoms with Gasteiger partial charge in [-0.15, -0.1) is 0 Å². The molecule has 0 bridgehead atoms. The van der Waals surface area contributed by atoms with Crippen molar-refractivity contribution in [2.24, 2.45) is 0 Å². The van der Waals surface area contributed by atoms with Gasteiger partial charge in [-0.2, -0.15) is 0 Å². The number of benzene rings is 2. The van der Waals surface area contributed by atoms with E-state index in [2.05, 4.69) is 21.2 Å². The fourth-order valence-electron chi connectivity index (χ4n) is 2.59. The maximum Gasteiger partial charge on any atom is 0.323 e. The molecule has 1 aliphatic heterocycles. The third-order valence-electron chi connectivity index (χ3n) is 3.86. The van der Waals surface area contributed by atoms with Gasteiger partial charge in [0.15, 0.2) is 12.4 Å². The van der Waals surface area contributed by atoms with Gasteiger partial charge in [0.1, 0.15) is 6.04 Å². The number of hydrogen-bond acceptors (Lipinski definition) is 4. The number of ether oxygens (including phenoxy) is 1. The lowest BCUT2D eigenvalue weighted by Crippen LogP contribution is -2.33. The molecule has 3 rings (SSSR count). The predicted molar refractivity (Wildman–Crippen MR) is 88.3 cm³/mol. The van der Waals surface area contributed by atoms with Crippen LogP contribution in [-0.2, 0) is 9.53 Å². The van der Waals surface area contributed by atoms with E-state index in [1.165, 1.54) is 0 Å². The number of ketones is 1. The average molecular weight is 398 g/mol. The molecule has 1 atom stereocenters. The van der Waals surface area contributed by atoms with Crippen LogP contribution in [0.1, 0.15) is 16.8 Å². The van der Waals surface area contributed by atoms with Crippen LogP contribution < -0.4 is 5.32 Å². The van der Waals surface area contributed by atoms with E-state index in [1.807, 2.05) is 18.2 Å². The molecule has 7 heteroatoms. The third kappa shape index (κ3) is 3.79. The molecular weight excluding hydrogens is 384 g/mol. The molecule has 0 spiro atoms. The first kappa shape index (κ1) is 17.0. The van der Waals surface area contributed by atoms with Crippen LogP contribution in [0.3, 0.4) is 0 Å². The van der Waals surface area contributed by atoms with Crippen molar-refractivity contribution in [3.05, 3.63) is 46.4 Å². The summed E-state index contributed by atoms with van der Waals surface area (Å²) in [6, 6.07) is 9.74. The molecule has 0 aromatic heterocycles. The van der Waals surface area contributed by atoms with E-state index >= 15 is 0 Å². The first-order valence-electron chi connectivity index (χ1n) is 7.34. The summed E-state index contributed by atoms with van der Waals surface area (Å²) < 4.78 is 31.9. The fraction of sp³-hybridized carbons (Fsp3) is 0.294. The molecule has 24 heavy (non-hydrogen) atoms. The molecule has 0 radical (unpaired) electrons. The number of Topliss-reactive ketones (excluding diaryl/α,β-unsaturated/α-hetero) is 1. The van der Waals surface area contributed by atoms with Gasteiger partial charge in [-0.1, -0.05) is 34.1 Å². The third-order valence-corrected chi connectivity index (χ3v) is 4.36. The molecule has 1 heterocycles. The Labute approximate surface area is 145 Å². The number of carbonyl (C=O) groups is 2. The highest BCUT2D eigenvalue weighted by atomic mass is 79.9. The number of hydrogen-bond donors (Lipinski definition) is 1. The second-order valence-electron chi connectivity index (χ2n) is 5.73. The molecule has 2 aromatic carbocycles. The summed E-state index contributed by atoms with van der Waals surface area (Å²) in [4.78, 5) is 23.9. The van der Waals surface area contributed by atoms with E-state index in [4.69, 9.17) is 4.74 Å². The molecule has 1 N–H and O–H groups in total. The van der Waals surface area contributed by atoms with Gasteiger partial charge < -0.3 is 4.74 Å². The minimum absolute atomic E-state index is 0.377. The van der Waals surface area contributed by atoms with Crippen LogP contribution in [0.2, 0.25) is 0 Å². The number of esters is 1. The van der Waals surface area contributed by atoms with Crippen molar-refractivity contribution in [2.45, 2.75) is 18.4 Å². The van der Waals surface area contributed by atoms with Crippen molar-refractivity contribution in [3.8, 4) is 0 Å². The summed E-state index contributed by atoms with van der Waals surface area (Å²) in [6.07, 6.45) is -0.606. The largest absolute Gasteiger partial charge is 0.456 e. The molecule has 0 amide bonds. The van der Waals surface area contributed by atoms with Crippen molar-refractivity contribution in [3.63, 3.8) is 0 Å². The second kappa shape index (κ2) is 6.57. The number of nitrogens with one attached hydrogen (secondary N) is 1. The normalized spacial score (nSPS) is 19.4. The number of rotatable bonds is 4. The van der Waals surface area contributed by atoms with E-state index in [9.17, 15) is 18.4 Å². The van der Waals surface area contributed by atoms with Crippen LogP contribution >= 0.6 is 15.9 Å². The Balaban J connectivity index is 1.63. The van der Waals surface area contributed by atoms with Crippen LogP contribution in [-0.4, -0.2) is 36.9 Å². The summed E-state index contributed by atoms with van der Waals surface area (Å²) in [6.45, 7) is -1.02. The number of halogens is 3. The van der Waals surface area contributed by atoms with Gasteiger partial charge in [-0.25, -0.2) is 8.78 Å². The molecule has 1 unspecified atom stereocenters. The Hall–Kier alpha value is -1.86. The monoisotopic (exact) mass is 397 g/mol. The van der Waals surface area contributed by atoms with Crippen LogP contribution in [0.25, 0.3) is 10.8 Å². The molecule has 1 fully saturated rings. The van der Waals surface area contributed by atoms with E-state index in [0.29, 0.717) is 5.56 Å². The van der Waals surface area contributed by atoms with E-state index in [-0.39, 0.29) is 5.78 Å². The SMILES string of the molecule is O=C(COC(=O)C1CC(F)(F)CN1)c1ccc2cc(Br)ccc2c1. The van der Waals surface area contributed by atoms with Crippen molar-refractivity contribution in [1.82, 2.24) is 5.32 Å². The molecule has 4 nitrogen and oxygen atoms in total. The van der Waals surface area contributed by atoms with Gasteiger partial charge >= 0.3 is 5.97 Å². The zero-order valence-corrected chi connectivity index (χ0v) is 14.1. The molecule has 0 saturated carbocycles. The van der Waals surface area contributed by atoms with Crippen LogP contribution in [0, 0.1) is 0 Å². The lowest BCUT2D eigenvalue weighted by Gasteiger charge is -2.10. The fourth-order valence-corrected chi connectivity index (χ4v) is 2.97. The van der Waals surface area contributed by atoms with Crippen molar-refractivity contribution in [1.29, 1.82) is 0 Å². The highest BCUT2D eigenvalue weighted by Crippen LogP contribution is 2.25. The Kier molecular flexibility index (Phi) is 4.64. The Morgan fingerprint density at radius 3 is 2.62 bits per heavy atom. The van der Waals surface area contributed by atoms with Gasteiger partial charge in [0.2, 0.25) is 0 Å².